The first-order valence-corrected chi connectivity index (χ1v) is 9.99. The SMILES string of the molecule is CCOCCN1c2cc(Oc3ccc(Cl)cc3)ccc2NC1(C)CNCC(N)=O. The first-order valence-electron chi connectivity index (χ1n) is 9.61. The first kappa shape index (κ1) is 21.2. The Hall–Kier alpha value is -2.48. The predicted octanol–water partition coefficient (Wildman–Crippen LogP) is 3.19. The van der Waals surface area contributed by atoms with E-state index in [1.54, 1.807) is 12.1 Å². The van der Waals surface area contributed by atoms with Gasteiger partial charge in [-0.05, 0) is 50.2 Å². The van der Waals surface area contributed by atoms with Crippen LogP contribution in [0.3, 0.4) is 0 Å². The third-order valence-corrected chi connectivity index (χ3v) is 4.99. The van der Waals surface area contributed by atoms with Gasteiger partial charge in [0.05, 0.1) is 24.5 Å². The number of amides is 1. The fourth-order valence-electron chi connectivity index (χ4n) is 3.40. The number of hydrogen-bond acceptors (Lipinski definition) is 6. The number of nitrogens with one attached hydrogen (secondary N) is 2. The Morgan fingerprint density at radius 1 is 1.24 bits per heavy atom. The Morgan fingerprint density at radius 2 is 1.97 bits per heavy atom. The van der Waals surface area contributed by atoms with Crippen molar-refractivity contribution >= 4 is 28.9 Å². The molecule has 1 amide bonds. The van der Waals surface area contributed by atoms with Gasteiger partial charge in [0.1, 0.15) is 17.2 Å². The summed E-state index contributed by atoms with van der Waals surface area (Å²) in [5.74, 6) is 1.05. The zero-order valence-corrected chi connectivity index (χ0v) is 17.5. The van der Waals surface area contributed by atoms with E-state index in [9.17, 15) is 4.79 Å². The molecule has 0 saturated carbocycles. The Kier molecular flexibility index (Phi) is 6.84. The second kappa shape index (κ2) is 9.35. The molecule has 0 saturated heterocycles. The molecule has 1 unspecified atom stereocenters. The first-order chi connectivity index (χ1) is 13.9. The summed E-state index contributed by atoms with van der Waals surface area (Å²) in [4.78, 5) is 13.3. The van der Waals surface area contributed by atoms with Crippen LogP contribution < -0.4 is 26.0 Å². The van der Waals surface area contributed by atoms with Gasteiger partial charge in [-0.1, -0.05) is 11.6 Å². The Balaban J connectivity index is 1.80. The Bertz CT molecular complexity index is 846. The predicted molar refractivity (Wildman–Crippen MR) is 116 cm³/mol. The van der Waals surface area contributed by atoms with Crippen LogP contribution in [0.2, 0.25) is 5.02 Å². The summed E-state index contributed by atoms with van der Waals surface area (Å²) >= 11 is 5.95. The van der Waals surface area contributed by atoms with Crippen LogP contribution in [0.1, 0.15) is 13.8 Å². The van der Waals surface area contributed by atoms with Crippen LogP contribution in [-0.4, -0.2) is 44.4 Å². The highest BCUT2D eigenvalue weighted by atomic mass is 35.5. The fraction of sp³-hybridized carbons (Fsp3) is 0.381. The molecule has 0 spiro atoms. The number of anilines is 2. The van der Waals surface area contributed by atoms with Crippen molar-refractivity contribution in [2.75, 3.05) is 43.1 Å². The highest BCUT2D eigenvalue weighted by Crippen LogP contribution is 2.42. The van der Waals surface area contributed by atoms with Crippen molar-refractivity contribution < 1.29 is 14.3 Å². The number of fused-ring (bicyclic) bond motifs is 1. The van der Waals surface area contributed by atoms with Crippen molar-refractivity contribution in [3.8, 4) is 11.5 Å². The van der Waals surface area contributed by atoms with Gasteiger partial charge in [-0.15, -0.1) is 0 Å². The average Bonchev–Trinajstić information content (AvgIpc) is 2.95. The fourth-order valence-corrected chi connectivity index (χ4v) is 3.53. The lowest BCUT2D eigenvalue weighted by molar-refractivity contribution is -0.117. The summed E-state index contributed by atoms with van der Waals surface area (Å²) in [6.45, 7) is 6.64. The lowest BCUT2D eigenvalue weighted by Gasteiger charge is -2.37. The van der Waals surface area contributed by atoms with Crippen LogP contribution in [0.15, 0.2) is 42.5 Å². The Labute approximate surface area is 176 Å². The Morgan fingerprint density at radius 3 is 2.66 bits per heavy atom. The summed E-state index contributed by atoms with van der Waals surface area (Å²) in [6, 6.07) is 13.2. The maximum atomic E-state index is 11.1. The number of carbonyl (C=O) groups excluding carboxylic acids is 1. The molecular formula is C21H27ClN4O3. The quantitative estimate of drug-likeness (QED) is 0.513. The second-order valence-electron chi connectivity index (χ2n) is 7.05. The molecule has 0 aliphatic carbocycles. The van der Waals surface area contributed by atoms with E-state index in [-0.39, 0.29) is 12.5 Å². The van der Waals surface area contributed by atoms with E-state index in [1.807, 2.05) is 37.3 Å². The van der Waals surface area contributed by atoms with E-state index in [0.717, 1.165) is 17.1 Å². The number of ether oxygens (including phenoxy) is 2. The third-order valence-electron chi connectivity index (χ3n) is 4.74. The molecule has 1 atom stereocenters. The smallest absolute Gasteiger partial charge is 0.231 e. The zero-order valence-electron chi connectivity index (χ0n) is 16.7. The van der Waals surface area contributed by atoms with Gasteiger partial charge >= 0.3 is 0 Å². The van der Waals surface area contributed by atoms with E-state index in [2.05, 4.69) is 22.5 Å². The lowest BCUT2D eigenvalue weighted by Crippen LogP contribution is -2.56. The molecule has 0 aromatic heterocycles. The standard InChI is InChI=1S/C21H27ClN4O3/c1-3-28-11-10-26-19-12-17(29-16-6-4-15(22)5-7-16)8-9-18(19)25-21(26,2)14-24-13-20(23)27/h4-9,12,24-25H,3,10-11,13-14H2,1-2H3,(H2,23,27). The highest BCUT2D eigenvalue weighted by molar-refractivity contribution is 6.30. The third kappa shape index (κ3) is 5.32. The van der Waals surface area contributed by atoms with E-state index in [0.29, 0.717) is 37.1 Å². The normalized spacial score (nSPS) is 17.7. The van der Waals surface area contributed by atoms with E-state index < -0.39 is 5.66 Å². The summed E-state index contributed by atoms with van der Waals surface area (Å²) in [5.41, 5.74) is 6.83. The van der Waals surface area contributed by atoms with Crippen LogP contribution in [0.5, 0.6) is 11.5 Å². The maximum absolute atomic E-state index is 11.1. The molecule has 1 aliphatic heterocycles. The van der Waals surface area contributed by atoms with E-state index in [1.165, 1.54) is 0 Å². The summed E-state index contributed by atoms with van der Waals surface area (Å²) in [6.07, 6.45) is 0. The molecule has 1 aliphatic rings. The molecule has 29 heavy (non-hydrogen) atoms. The van der Waals surface area contributed by atoms with Crippen molar-refractivity contribution in [1.29, 1.82) is 0 Å². The van der Waals surface area contributed by atoms with Crippen molar-refractivity contribution in [3.05, 3.63) is 47.5 Å². The number of benzene rings is 2. The van der Waals surface area contributed by atoms with Crippen LogP contribution in [0.4, 0.5) is 11.4 Å². The minimum atomic E-state index is -0.437. The lowest BCUT2D eigenvalue weighted by atomic mass is 10.1. The monoisotopic (exact) mass is 418 g/mol. The van der Waals surface area contributed by atoms with E-state index >= 15 is 0 Å². The highest BCUT2D eigenvalue weighted by Gasteiger charge is 2.39. The van der Waals surface area contributed by atoms with E-state index in [4.69, 9.17) is 26.8 Å². The maximum Gasteiger partial charge on any atom is 0.231 e. The van der Waals surface area contributed by atoms with Gasteiger partial charge in [-0.2, -0.15) is 0 Å². The number of rotatable bonds is 10. The molecule has 0 fully saturated rings. The molecule has 8 heteroatoms. The molecule has 2 aromatic carbocycles. The number of halogens is 1. The molecule has 2 aromatic rings. The second-order valence-corrected chi connectivity index (χ2v) is 7.49. The molecule has 3 rings (SSSR count). The number of primary amides is 1. The number of hydrogen-bond donors (Lipinski definition) is 3. The van der Waals surface area contributed by atoms with Crippen molar-refractivity contribution in [2.24, 2.45) is 5.73 Å². The molecule has 0 radical (unpaired) electrons. The molecular weight excluding hydrogens is 392 g/mol. The van der Waals surface area contributed by atoms with Gasteiger partial charge in [0.15, 0.2) is 0 Å². The van der Waals surface area contributed by atoms with Crippen molar-refractivity contribution in [3.63, 3.8) is 0 Å². The van der Waals surface area contributed by atoms with Gasteiger partial charge in [0.25, 0.3) is 0 Å². The molecule has 7 nitrogen and oxygen atoms in total. The topological polar surface area (TPSA) is 88.8 Å². The van der Waals surface area contributed by atoms with Crippen LogP contribution in [0, 0.1) is 0 Å². The summed E-state index contributed by atoms with van der Waals surface area (Å²) in [7, 11) is 0. The summed E-state index contributed by atoms with van der Waals surface area (Å²) < 4.78 is 11.6. The molecule has 0 bridgehead atoms. The molecule has 4 N–H and O–H groups in total. The number of carbonyl (C=O) groups is 1. The van der Waals surface area contributed by atoms with Crippen molar-refractivity contribution in [1.82, 2.24) is 5.32 Å². The number of nitrogens with two attached hydrogens (primary N) is 1. The minimum absolute atomic E-state index is 0.123. The van der Waals surface area contributed by atoms with Gasteiger partial charge in [-0.25, -0.2) is 0 Å². The van der Waals surface area contributed by atoms with Gasteiger partial charge in [-0.3, -0.25) is 4.79 Å². The van der Waals surface area contributed by atoms with Crippen molar-refractivity contribution in [2.45, 2.75) is 19.5 Å². The number of nitrogens with zero attached hydrogens (tertiary/aromatic N) is 1. The van der Waals surface area contributed by atoms with Gasteiger partial charge < -0.3 is 30.7 Å². The van der Waals surface area contributed by atoms with Crippen LogP contribution >= 0.6 is 11.6 Å². The minimum Gasteiger partial charge on any atom is -0.457 e. The van der Waals surface area contributed by atoms with Crippen LogP contribution in [-0.2, 0) is 9.53 Å². The van der Waals surface area contributed by atoms with Crippen LogP contribution in [0.25, 0.3) is 0 Å². The summed E-state index contributed by atoms with van der Waals surface area (Å²) in [5, 5.41) is 7.33. The van der Waals surface area contributed by atoms with Gasteiger partial charge in [0, 0.05) is 30.8 Å². The largest absolute Gasteiger partial charge is 0.457 e. The molecule has 1 heterocycles. The molecule has 156 valence electrons. The van der Waals surface area contributed by atoms with Gasteiger partial charge in [0.2, 0.25) is 5.91 Å². The zero-order chi connectivity index (χ0) is 20.9. The average molecular weight is 419 g/mol.